The molecular weight excluding hydrogens is 252 g/mol. The van der Waals surface area contributed by atoms with E-state index in [9.17, 15) is 4.79 Å². The van der Waals surface area contributed by atoms with Crippen molar-refractivity contribution in [2.45, 2.75) is 18.9 Å². The Morgan fingerprint density at radius 2 is 1.95 bits per heavy atom. The van der Waals surface area contributed by atoms with Gasteiger partial charge in [-0.15, -0.1) is 0 Å². The number of para-hydroxylation sites is 1. The van der Waals surface area contributed by atoms with Crippen LogP contribution < -0.4 is 15.8 Å². The number of benzene rings is 2. The lowest BCUT2D eigenvalue weighted by atomic mass is 10.1. The van der Waals surface area contributed by atoms with E-state index in [2.05, 4.69) is 6.07 Å². The monoisotopic (exact) mass is 269 g/mol. The van der Waals surface area contributed by atoms with E-state index in [1.165, 1.54) is 5.56 Å². The number of primary amides is 2. The highest BCUT2D eigenvalue weighted by atomic mass is 16.5. The molecule has 0 heterocycles. The normalized spacial score (nSPS) is 16.7. The first-order chi connectivity index (χ1) is 9.74. The molecule has 4 nitrogen and oxygen atoms in total. The fourth-order valence-electron chi connectivity index (χ4n) is 2.75. The second kappa shape index (κ2) is 5.35. The van der Waals surface area contributed by atoms with Crippen molar-refractivity contribution < 1.29 is 14.8 Å². The molecule has 0 aromatic heterocycles. The molecule has 20 heavy (non-hydrogen) atoms. The Balaban J connectivity index is 1.93. The van der Waals surface area contributed by atoms with Crippen molar-refractivity contribution in [3.63, 3.8) is 0 Å². The highest BCUT2D eigenvalue weighted by Crippen LogP contribution is 2.37. The van der Waals surface area contributed by atoms with Gasteiger partial charge in [0.15, 0.2) is 0 Å². The number of amides is 2. The van der Waals surface area contributed by atoms with Crippen molar-refractivity contribution >= 4 is 6.03 Å². The van der Waals surface area contributed by atoms with Crippen LogP contribution >= 0.6 is 0 Å². The van der Waals surface area contributed by atoms with Crippen LogP contribution in [0, 0.1) is 0 Å². The maximum absolute atomic E-state index is 11.2. The molecule has 0 fully saturated rings. The number of urea groups is 1. The van der Waals surface area contributed by atoms with Gasteiger partial charge in [0, 0.05) is 6.42 Å². The van der Waals surface area contributed by atoms with Crippen molar-refractivity contribution in [1.82, 2.24) is 0 Å². The quantitative estimate of drug-likeness (QED) is 0.896. The van der Waals surface area contributed by atoms with Gasteiger partial charge < -0.3 is 10.5 Å². The first kappa shape index (κ1) is 12.7. The maximum Gasteiger partial charge on any atom is 0.411 e. The molecule has 0 saturated carbocycles. The van der Waals surface area contributed by atoms with Crippen LogP contribution in [-0.4, -0.2) is 6.03 Å². The van der Waals surface area contributed by atoms with Crippen LogP contribution in [0.5, 0.6) is 11.5 Å². The second-order valence-electron chi connectivity index (χ2n) is 4.96. The number of rotatable bonds is 3. The van der Waals surface area contributed by atoms with Crippen LogP contribution in [0.15, 0.2) is 48.5 Å². The third kappa shape index (κ3) is 2.51. The second-order valence-corrected chi connectivity index (χ2v) is 4.96. The summed E-state index contributed by atoms with van der Waals surface area (Å²) < 4.78 is 5.96. The van der Waals surface area contributed by atoms with Gasteiger partial charge in [0.1, 0.15) is 17.5 Å². The molecule has 4 N–H and O–H groups in total. The minimum atomic E-state index is -0.377. The van der Waals surface area contributed by atoms with E-state index >= 15 is 0 Å². The largest absolute Gasteiger partial charge is 0.457 e. The standard InChI is InChI=1S/C16H16N2O2/c17-16(19)18-13-10-9-11-5-4-8-14(15(11)13)20-12-6-2-1-3-7-12/h1-8,13H,9-10H2,(H3,17,18,19)/p+1. The summed E-state index contributed by atoms with van der Waals surface area (Å²) in [6.45, 7) is 0. The van der Waals surface area contributed by atoms with E-state index in [1.807, 2.05) is 42.5 Å². The molecule has 1 atom stereocenters. The summed E-state index contributed by atoms with van der Waals surface area (Å²) in [5.41, 5.74) is 7.63. The zero-order valence-corrected chi connectivity index (χ0v) is 11.1. The van der Waals surface area contributed by atoms with E-state index in [0.29, 0.717) is 0 Å². The van der Waals surface area contributed by atoms with Gasteiger partial charge in [0.25, 0.3) is 0 Å². The highest BCUT2D eigenvalue weighted by Gasteiger charge is 2.30. The van der Waals surface area contributed by atoms with Crippen molar-refractivity contribution in [3.8, 4) is 11.5 Å². The van der Waals surface area contributed by atoms with Crippen LogP contribution in [0.1, 0.15) is 23.6 Å². The number of ether oxygens (including phenoxy) is 1. The smallest absolute Gasteiger partial charge is 0.411 e. The molecule has 3 rings (SSSR count). The zero-order chi connectivity index (χ0) is 13.9. The Hall–Kier alpha value is -2.33. The van der Waals surface area contributed by atoms with Gasteiger partial charge in [-0.25, -0.2) is 4.79 Å². The molecule has 1 aliphatic carbocycles. The number of carbonyl (C=O) groups excluding carboxylic acids is 1. The summed E-state index contributed by atoms with van der Waals surface area (Å²) in [5.74, 6) is 1.61. The summed E-state index contributed by atoms with van der Waals surface area (Å²) in [7, 11) is 0. The summed E-state index contributed by atoms with van der Waals surface area (Å²) in [6, 6.07) is 15.4. The molecule has 2 aromatic rings. The SMILES string of the molecule is NC(=O)[NH2+]C1CCc2cccc(Oc3ccccc3)c21. The van der Waals surface area contributed by atoms with Gasteiger partial charge >= 0.3 is 6.03 Å². The Kier molecular flexibility index (Phi) is 3.39. The van der Waals surface area contributed by atoms with Gasteiger partial charge in [-0.2, -0.15) is 0 Å². The molecule has 0 radical (unpaired) electrons. The Bertz CT molecular complexity index is 626. The zero-order valence-electron chi connectivity index (χ0n) is 11.1. The average molecular weight is 269 g/mol. The van der Waals surface area contributed by atoms with Crippen molar-refractivity contribution in [2.75, 3.05) is 0 Å². The summed E-state index contributed by atoms with van der Waals surface area (Å²) >= 11 is 0. The van der Waals surface area contributed by atoms with Gasteiger partial charge in [0.2, 0.25) is 0 Å². The first-order valence-corrected chi connectivity index (χ1v) is 6.73. The number of carbonyl (C=O) groups is 1. The lowest BCUT2D eigenvalue weighted by Gasteiger charge is -2.13. The van der Waals surface area contributed by atoms with E-state index in [-0.39, 0.29) is 12.1 Å². The van der Waals surface area contributed by atoms with Gasteiger partial charge in [-0.05, 0) is 30.2 Å². The molecule has 0 bridgehead atoms. The average Bonchev–Trinajstić information content (AvgIpc) is 2.84. The fourth-order valence-corrected chi connectivity index (χ4v) is 2.75. The number of quaternary nitrogens is 1. The molecule has 2 aromatic carbocycles. The van der Waals surface area contributed by atoms with E-state index in [0.717, 1.165) is 29.9 Å². The molecule has 1 unspecified atom stereocenters. The lowest BCUT2D eigenvalue weighted by molar-refractivity contribution is -0.600. The van der Waals surface area contributed by atoms with Gasteiger partial charge in [-0.3, -0.25) is 5.32 Å². The predicted molar refractivity (Wildman–Crippen MR) is 75.5 cm³/mol. The molecule has 0 saturated heterocycles. The van der Waals surface area contributed by atoms with E-state index in [1.54, 1.807) is 5.32 Å². The summed E-state index contributed by atoms with van der Waals surface area (Å²) in [6.07, 6.45) is 1.86. The van der Waals surface area contributed by atoms with Gasteiger partial charge in [0.05, 0.1) is 5.56 Å². The number of hydrogen-bond acceptors (Lipinski definition) is 2. The minimum Gasteiger partial charge on any atom is -0.457 e. The van der Waals surface area contributed by atoms with E-state index < -0.39 is 0 Å². The van der Waals surface area contributed by atoms with Crippen LogP contribution in [0.4, 0.5) is 4.79 Å². The molecule has 2 amide bonds. The topological polar surface area (TPSA) is 68.9 Å². The van der Waals surface area contributed by atoms with Crippen molar-refractivity contribution in [3.05, 3.63) is 59.7 Å². The van der Waals surface area contributed by atoms with E-state index in [4.69, 9.17) is 10.5 Å². The number of fused-ring (bicyclic) bond motifs is 1. The maximum atomic E-state index is 11.2. The van der Waals surface area contributed by atoms with Crippen LogP contribution in [-0.2, 0) is 6.42 Å². The first-order valence-electron chi connectivity index (χ1n) is 6.73. The van der Waals surface area contributed by atoms with Gasteiger partial charge in [-0.1, -0.05) is 30.3 Å². The molecule has 0 spiro atoms. The summed E-state index contributed by atoms with van der Waals surface area (Å²) in [5, 5.41) is 1.59. The van der Waals surface area contributed by atoms with Crippen LogP contribution in [0.2, 0.25) is 0 Å². The Labute approximate surface area is 117 Å². The number of hydrogen-bond donors (Lipinski definition) is 2. The number of nitrogens with two attached hydrogens (primary N) is 2. The lowest BCUT2D eigenvalue weighted by Crippen LogP contribution is -2.90. The minimum absolute atomic E-state index is 0.0578. The Morgan fingerprint density at radius 1 is 1.15 bits per heavy atom. The molecule has 0 aliphatic heterocycles. The predicted octanol–water partition coefficient (Wildman–Crippen LogP) is 2.11. The fraction of sp³-hybridized carbons (Fsp3) is 0.188. The highest BCUT2D eigenvalue weighted by molar-refractivity contribution is 5.61. The third-order valence-electron chi connectivity index (χ3n) is 3.59. The molecule has 1 aliphatic rings. The van der Waals surface area contributed by atoms with Crippen molar-refractivity contribution in [2.24, 2.45) is 5.73 Å². The molecular formula is C16H17N2O2+. The number of aryl methyl sites for hydroxylation is 1. The third-order valence-corrected chi connectivity index (χ3v) is 3.59. The molecule has 4 heteroatoms. The summed E-state index contributed by atoms with van der Waals surface area (Å²) in [4.78, 5) is 11.2. The van der Waals surface area contributed by atoms with Crippen LogP contribution in [0.3, 0.4) is 0 Å². The van der Waals surface area contributed by atoms with Crippen LogP contribution in [0.25, 0.3) is 0 Å². The van der Waals surface area contributed by atoms with Crippen molar-refractivity contribution in [1.29, 1.82) is 0 Å². The Morgan fingerprint density at radius 3 is 2.70 bits per heavy atom. The molecule has 102 valence electrons.